The van der Waals surface area contributed by atoms with Crippen molar-refractivity contribution < 1.29 is 23.6 Å². The summed E-state index contributed by atoms with van der Waals surface area (Å²) in [5, 5.41) is 5.19. The van der Waals surface area contributed by atoms with Crippen molar-refractivity contribution in [1.82, 2.24) is 10.6 Å². The number of amides is 3. The summed E-state index contributed by atoms with van der Waals surface area (Å²) in [6, 6.07) is 3.00. The highest BCUT2D eigenvalue weighted by Crippen LogP contribution is 2.27. The van der Waals surface area contributed by atoms with Crippen molar-refractivity contribution in [3.63, 3.8) is 0 Å². The van der Waals surface area contributed by atoms with E-state index in [1.807, 2.05) is 0 Å². The van der Waals surface area contributed by atoms with Gasteiger partial charge in [-0.15, -0.1) is 11.6 Å². The van der Waals surface area contributed by atoms with E-state index >= 15 is 0 Å². The fourth-order valence-electron chi connectivity index (χ4n) is 3.75. The first-order chi connectivity index (χ1) is 15.6. The van der Waals surface area contributed by atoms with Crippen LogP contribution in [0.3, 0.4) is 0 Å². The molecule has 1 aliphatic rings. The van der Waals surface area contributed by atoms with Crippen molar-refractivity contribution in [3.8, 4) is 0 Å². The summed E-state index contributed by atoms with van der Waals surface area (Å²) >= 11 is 11.3. The maximum absolute atomic E-state index is 14.0. The Balaban J connectivity index is 2.19. The Morgan fingerprint density at radius 1 is 1.24 bits per heavy atom. The second-order valence-corrected chi connectivity index (χ2v) is 9.04. The SMILES string of the molecule is CC(NC(=O)[C@H](CC1CCCCC1)NC(=O)/C=C/c1ccc(Cl)cc1F)(C(N)=O)C(=O)CCl. The van der Waals surface area contributed by atoms with Gasteiger partial charge in [0.05, 0.1) is 5.88 Å². The quantitative estimate of drug-likeness (QED) is 0.260. The highest BCUT2D eigenvalue weighted by atomic mass is 35.5. The number of carbonyl (C=O) groups excluding carboxylic acids is 4. The number of alkyl halides is 1. The number of nitrogens with two attached hydrogens (primary N) is 1. The van der Waals surface area contributed by atoms with Gasteiger partial charge in [-0.1, -0.05) is 49.8 Å². The van der Waals surface area contributed by atoms with Gasteiger partial charge in [-0.25, -0.2) is 4.39 Å². The van der Waals surface area contributed by atoms with E-state index in [4.69, 9.17) is 28.9 Å². The van der Waals surface area contributed by atoms with Crippen LogP contribution in [-0.4, -0.2) is 41.0 Å². The van der Waals surface area contributed by atoms with Gasteiger partial charge >= 0.3 is 0 Å². The third-order valence-electron chi connectivity index (χ3n) is 5.85. The lowest BCUT2D eigenvalue weighted by Crippen LogP contribution is -2.64. The molecule has 1 saturated carbocycles. The molecule has 180 valence electrons. The Labute approximate surface area is 202 Å². The summed E-state index contributed by atoms with van der Waals surface area (Å²) in [5.41, 5.74) is 3.49. The summed E-state index contributed by atoms with van der Waals surface area (Å²) in [6.45, 7) is 1.18. The molecular weight excluding hydrogens is 472 g/mol. The van der Waals surface area contributed by atoms with Crippen LogP contribution in [0.25, 0.3) is 6.08 Å². The zero-order chi connectivity index (χ0) is 24.6. The highest BCUT2D eigenvalue weighted by Gasteiger charge is 2.41. The fraction of sp³-hybridized carbons (Fsp3) is 0.478. The van der Waals surface area contributed by atoms with Crippen LogP contribution in [0.4, 0.5) is 4.39 Å². The standard InChI is InChI=1S/C23H28Cl2FN3O4/c1-23(22(27)33,19(30)13-24)29-21(32)18(11-14-5-3-2-4-6-14)28-20(31)10-8-15-7-9-16(25)12-17(15)26/h7-10,12,14,18H,2-6,11,13H2,1H3,(H2,27,33)(H,28,31)(H,29,32)/b10-8+/t18-,23?/m0/s1. The second-order valence-electron chi connectivity index (χ2n) is 8.34. The number of nitrogens with one attached hydrogen (secondary N) is 2. The molecule has 0 aliphatic heterocycles. The van der Waals surface area contributed by atoms with Crippen LogP contribution in [0.2, 0.25) is 5.02 Å². The van der Waals surface area contributed by atoms with Crippen molar-refractivity contribution in [1.29, 1.82) is 0 Å². The second kappa shape index (κ2) is 12.1. The monoisotopic (exact) mass is 499 g/mol. The molecule has 10 heteroatoms. The highest BCUT2D eigenvalue weighted by molar-refractivity contribution is 6.32. The number of Topliss-reactive ketones (excluding diaryl/α,β-unsaturated/α-hetero) is 1. The largest absolute Gasteiger partial charge is 0.367 e. The Morgan fingerprint density at radius 2 is 1.91 bits per heavy atom. The van der Waals surface area contributed by atoms with Gasteiger partial charge < -0.3 is 16.4 Å². The molecule has 2 atom stereocenters. The molecule has 3 amide bonds. The van der Waals surface area contributed by atoms with E-state index in [-0.39, 0.29) is 16.5 Å². The summed E-state index contributed by atoms with van der Waals surface area (Å²) < 4.78 is 14.0. The van der Waals surface area contributed by atoms with Crippen LogP contribution in [0, 0.1) is 11.7 Å². The normalized spacial score (nSPS) is 17.2. The molecule has 0 radical (unpaired) electrons. The fourth-order valence-corrected chi connectivity index (χ4v) is 4.17. The molecule has 4 N–H and O–H groups in total. The predicted molar refractivity (Wildman–Crippen MR) is 125 cm³/mol. The molecule has 1 fully saturated rings. The van der Waals surface area contributed by atoms with Crippen LogP contribution in [0.15, 0.2) is 24.3 Å². The molecule has 0 spiro atoms. The average Bonchev–Trinajstić information content (AvgIpc) is 2.77. The van der Waals surface area contributed by atoms with E-state index in [0.717, 1.165) is 44.2 Å². The van der Waals surface area contributed by atoms with E-state index in [2.05, 4.69) is 10.6 Å². The molecule has 1 unspecified atom stereocenters. The van der Waals surface area contributed by atoms with E-state index < -0.39 is 46.8 Å². The molecule has 1 aliphatic carbocycles. The van der Waals surface area contributed by atoms with Gasteiger partial charge in [0.25, 0.3) is 5.91 Å². The number of ketones is 1. The molecule has 2 rings (SSSR count). The van der Waals surface area contributed by atoms with Gasteiger partial charge in [0, 0.05) is 16.7 Å². The first-order valence-corrected chi connectivity index (χ1v) is 11.6. The predicted octanol–water partition coefficient (Wildman–Crippen LogP) is 3.12. The molecular formula is C23H28Cl2FN3O4. The molecule has 0 bridgehead atoms. The van der Waals surface area contributed by atoms with Gasteiger partial charge in [0.2, 0.25) is 11.8 Å². The van der Waals surface area contributed by atoms with Gasteiger partial charge in [0.15, 0.2) is 11.3 Å². The minimum Gasteiger partial charge on any atom is -0.367 e. The Kier molecular flexibility index (Phi) is 9.86. The Hall–Kier alpha value is -2.45. The van der Waals surface area contributed by atoms with Crippen molar-refractivity contribution in [2.75, 3.05) is 5.88 Å². The van der Waals surface area contributed by atoms with Gasteiger partial charge in [-0.3, -0.25) is 19.2 Å². The third kappa shape index (κ3) is 7.54. The van der Waals surface area contributed by atoms with Crippen LogP contribution in [-0.2, 0) is 19.2 Å². The van der Waals surface area contributed by atoms with Crippen molar-refractivity contribution >= 4 is 52.8 Å². The summed E-state index contributed by atoms with van der Waals surface area (Å²) in [4.78, 5) is 49.6. The zero-order valence-electron chi connectivity index (χ0n) is 18.3. The molecule has 0 aromatic heterocycles. The molecule has 1 aromatic carbocycles. The first-order valence-electron chi connectivity index (χ1n) is 10.7. The molecule has 1 aromatic rings. The summed E-state index contributed by atoms with van der Waals surface area (Å²) in [5.74, 6) is -4.09. The van der Waals surface area contributed by atoms with Crippen LogP contribution >= 0.6 is 23.2 Å². The van der Waals surface area contributed by atoms with E-state index in [1.165, 1.54) is 25.1 Å². The van der Waals surface area contributed by atoms with Crippen molar-refractivity contribution in [3.05, 3.63) is 40.7 Å². The summed E-state index contributed by atoms with van der Waals surface area (Å²) in [7, 11) is 0. The maximum Gasteiger partial charge on any atom is 0.250 e. The topological polar surface area (TPSA) is 118 Å². The van der Waals surface area contributed by atoms with Crippen LogP contribution < -0.4 is 16.4 Å². The first kappa shape index (κ1) is 26.8. The Bertz CT molecular complexity index is 934. The lowest BCUT2D eigenvalue weighted by molar-refractivity contribution is -0.139. The van der Waals surface area contributed by atoms with Crippen molar-refractivity contribution in [2.45, 2.75) is 57.0 Å². The minimum absolute atomic E-state index is 0.150. The lowest BCUT2D eigenvalue weighted by Gasteiger charge is -2.30. The zero-order valence-corrected chi connectivity index (χ0v) is 19.8. The number of benzene rings is 1. The van der Waals surface area contributed by atoms with E-state index in [1.54, 1.807) is 0 Å². The molecule has 0 heterocycles. The van der Waals surface area contributed by atoms with Crippen molar-refractivity contribution in [2.24, 2.45) is 11.7 Å². The van der Waals surface area contributed by atoms with Crippen LogP contribution in [0.1, 0.15) is 51.0 Å². The van der Waals surface area contributed by atoms with E-state index in [9.17, 15) is 23.6 Å². The Morgan fingerprint density at radius 3 is 2.48 bits per heavy atom. The number of hydrogen-bond acceptors (Lipinski definition) is 4. The van der Waals surface area contributed by atoms with Gasteiger partial charge in [-0.05, 0) is 37.5 Å². The minimum atomic E-state index is -2.00. The summed E-state index contributed by atoms with van der Waals surface area (Å²) in [6.07, 6.45) is 7.65. The number of rotatable bonds is 10. The van der Waals surface area contributed by atoms with Gasteiger partial charge in [0.1, 0.15) is 11.9 Å². The lowest BCUT2D eigenvalue weighted by atomic mass is 9.84. The maximum atomic E-state index is 14.0. The number of primary amides is 1. The molecule has 7 nitrogen and oxygen atoms in total. The van der Waals surface area contributed by atoms with Gasteiger partial charge in [-0.2, -0.15) is 0 Å². The third-order valence-corrected chi connectivity index (χ3v) is 6.33. The molecule has 0 saturated heterocycles. The number of hydrogen-bond donors (Lipinski definition) is 3. The number of halogens is 3. The number of carbonyl (C=O) groups is 4. The average molecular weight is 500 g/mol. The molecule has 33 heavy (non-hydrogen) atoms. The smallest absolute Gasteiger partial charge is 0.250 e. The van der Waals surface area contributed by atoms with Crippen LogP contribution in [0.5, 0.6) is 0 Å². The van der Waals surface area contributed by atoms with E-state index in [0.29, 0.717) is 6.42 Å².